The summed E-state index contributed by atoms with van der Waals surface area (Å²) in [5, 5.41) is 3.20. The summed E-state index contributed by atoms with van der Waals surface area (Å²) in [6.07, 6.45) is 1.03. The monoisotopic (exact) mass is 592 g/mol. The van der Waals surface area contributed by atoms with E-state index >= 15 is 0 Å². The second-order valence-corrected chi connectivity index (χ2v) is 12.8. The molecule has 1 saturated carbocycles. The Labute approximate surface area is 238 Å². The minimum Gasteiger partial charge on any atom is -0.374 e. The maximum atomic E-state index is 13.8. The molecule has 40 heavy (non-hydrogen) atoms. The summed E-state index contributed by atoms with van der Waals surface area (Å²) in [7, 11) is -3.88. The normalized spacial score (nSPS) is 19.2. The highest BCUT2D eigenvalue weighted by Crippen LogP contribution is 2.38. The smallest absolute Gasteiger partial charge is 0.247 e. The van der Waals surface area contributed by atoms with Gasteiger partial charge in [-0.05, 0) is 74.6 Å². The number of amides is 2. The maximum absolute atomic E-state index is 13.8. The number of nitrogens with one attached hydrogen (secondary N) is 2. The number of ether oxygens (including phenoxy) is 1. The Morgan fingerprint density at radius 1 is 1.15 bits per heavy atom. The standard InChI is InChI=1S/C28H34ClFN4O5S/c1-4-34(15-22-24(19-7-9-20(29)10-8-19)40(37,38)33-27(22,2)3)25(35)23(32-26(36)28(31)13-14-28)17-39-16-18-5-11-21(30)12-6-18/h5-12,23,33H,4,13-17,31H2,1-3H3,(H,32,36)/t23-/m1/s1. The Hall–Kier alpha value is -2.83. The van der Waals surface area contributed by atoms with Crippen molar-refractivity contribution >= 4 is 38.3 Å². The molecule has 1 aliphatic heterocycles. The van der Waals surface area contributed by atoms with Gasteiger partial charge in [-0.25, -0.2) is 17.5 Å². The van der Waals surface area contributed by atoms with Gasteiger partial charge in [-0.1, -0.05) is 35.9 Å². The average molecular weight is 593 g/mol. The Morgan fingerprint density at radius 3 is 2.35 bits per heavy atom. The van der Waals surface area contributed by atoms with E-state index in [0.29, 0.717) is 34.6 Å². The van der Waals surface area contributed by atoms with Crippen LogP contribution in [0.4, 0.5) is 4.39 Å². The highest BCUT2D eigenvalue weighted by Gasteiger charge is 2.48. The number of sulfonamides is 1. The molecule has 12 heteroatoms. The molecule has 4 rings (SSSR count). The van der Waals surface area contributed by atoms with E-state index < -0.39 is 39.0 Å². The minimum absolute atomic E-state index is 0.00930. The van der Waals surface area contributed by atoms with Crippen molar-refractivity contribution in [1.29, 1.82) is 0 Å². The molecule has 0 aromatic heterocycles. The van der Waals surface area contributed by atoms with Crippen molar-refractivity contribution in [2.24, 2.45) is 5.73 Å². The van der Waals surface area contributed by atoms with Crippen LogP contribution in [0, 0.1) is 5.82 Å². The molecule has 0 unspecified atom stereocenters. The molecule has 0 bridgehead atoms. The van der Waals surface area contributed by atoms with E-state index in [2.05, 4.69) is 10.0 Å². The number of likely N-dealkylation sites (N-methyl/N-ethyl adjacent to an activating group) is 1. The molecule has 1 fully saturated rings. The fourth-order valence-corrected chi connectivity index (χ4v) is 6.68. The molecular formula is C28H34ClFN4O5S. The summed E-state index contributed by atoms with van der Waals surface area (Å²) >= 11 is 6.02. The van der Waals surface area contributed by atoms with Crippen molar-refractivity contribution < 1.29 is 27.1 Å². The minimum atomic E-state index is -3.88. The van der Waals surface area contributed by atoms with E-state index in [1.165, 1.54) is 17.0 Å². The van der Waals surface area contributed by atoms with E-state index in [1.54, 1.807) is 57.2 Å². The third-order valence-corrected chi connectivity index (χ3v) is 9.20. The van der Waals surface area contributed by atoms with Crippen LogP contribution in [0.1, 0.15) is 44.7 Å². The Morgan fingerprint density at radius 2 is 1.77 bits per heavy atom. The highest BCUT2D eigenvalue weighted by molar-refractivity contribution is 7.99. The van der Waals surface area contributed by atoms with Gasteiger partial charge in [-0.15, -0.1) is 0 Å². The molecular weight excluding hydrogens is 559 g/mol. The van der Waals surface area contributed by atoms with Crippen molar-refractivity contribution in [3.05, 3.63) is 76.1 Å². The SMILES string of the molecule is CCN(CC1=C(c2ccc(Cl)cc2)S(=O)(=O)NC1(C)C)C(=O)[C@@H](COCc1ccc(F)cc1)NC(=O)C1(N)CC1. The predicted octanol–water partition coefficient (Wildman–Crippen LogP) is 2.94. The zero-order valence-electron chi connectivity index (χ0n) is 22.7. The summed E-state index contributed by atoms with van der Waals surface area (Å²) < 4.78 is 48.1. The van der Waals surface area contributed by atoms with Crippen LogP contribution in [0.5, 0.6) is 0 Å². The van der Waals surface area contributed by atoms with Crippen LogP contribution >= 0.6 is 11.6 Å². The van der Waals surface area contributed by atoms with E-state index in [9.17, 15) is 22.4 Å². The van der Waals surface area contributed by atoms with Gasteiger partial charge in [0, 0.05) is 18.1 Å². The number of carbonyl (C=O) groups excluding carboxylic acids is 2. The van der Waals surface area contributed by atoms with Crippen molar-refractivity contribution in [3.8, 4) is 0 Å². The number of carbonyl (C=O) groups is 2. The number of hydrogen-bond donors (Lipinski definition) is 3. The largest absolute Gasteiger partial charge is 0.374 e. The summed E-state index contributed by atoms with van der Waals surface area (Å²) in [6.45, 7) is 5.41. The van der Waals surface area contributed by atoms with E-state index in [1.807, 2.05) is 0 Å². The van der Waals surface area contributed by atoms with E-state index in [4.69, 9.17) is 22.1 Å². The molecule has 2 aliphatic rings. The van der Waals surface area contributed by atoms with Crippen molar-refractivity contribution in [3.63, 3.8) is 0 Å². The zero-order valence-corrected chi connectivity index (χ0v) is 24.2. The van der Waals surface area contributed by atoms with Crippen LogP contribution in [-0.2, 0) is 31.0 Å². The third kappa shape index (κ3) is 6.72. The molecule has 0 radical (unpaired) electrons. The summed E-state index contributed by atoms with van der Waals surface area (Å²) in [5.41, 5.74) is 5.73. The van der Waals surface area contributed by atoms with Gasteiger partial charge in [0.15, 0.2) is 0 Å². The molecule has 2 aromatic carbocycles. The molecule has 1 atom stereocenters. The van der Waals surface area contributed by atoms with Crippen molar-refractivity contribution in [2.75, 3.05) is 19.7 Å². The second kappa shape index (κ2) is 11.6. The number of benzene rings is 2. The molecule has 216 valence electrons. The highest BCUT2D eigenvalue weighted by atomic mass is 35.5. The molecule has 2 aromatic rings. The summed E-state index contributed by atoms with van der Waals surface area (Å²) in [6, 6.07) is 11.2. The van der Waals surface area contributed by atoms with Gasteiger partial charge in [0.1, 0.15) is 11.9 Å². The summed E-state index contributed by atoms with van der Waals surface area (Å²) in [4.78, 5) is 28.2. The number of nitrogens with two attached hydrogens (primary N) is 1. The van der Waals surface area contributed by atoms with Crippen LogP contribution in [0.15, 0.2) is 54.1 Å². The van der Waals surface area contributed by atoms with Gasteiger partial charge in [-0.3, -0.25) is 9.59 Å². The fraction of sp³-hybridized carbons (Fsp3) is 0.429. The first-order valence-corrected chi connectivity index (χ1v) is 14.9. The molecule has 0 saturated heterocycles. The fourth-order valence-electron chi connectivity index (χ4n) is 4.57. The van der Waals surface area contributed by atoms with Gasteiger partial charge < -0.3 is 20.7 Å². The van der Waals surface area contributed by atoms with Crippen LogP contribution in [0.3, 0.4) is 0 Å². The molecule has 1 aliphatic carbocycles. The first-order chi connectivity index (χ1) is 18.8. The van der Waals surface area contributed by atoms with Crippen LogP contribution in [-0.4, -0.2) is 61.9 Å². The number of nitrogens with zero attached hydrogens (tertiary/aromatic N) is 1. The lowest BCUT2D eigenvalue weighted by atomic mass is 9.92. The quantitative estimate of drug-likeness (QED) is 0.368. The third-order valence-electron chi connectivity index (χ3n) is 7.15. The van der Waals surface area contributed by atoms with Crippen molar-refractivity contribution in [2.45, 2.75) is 57.3 Å². The Balaban J connectivity index is 1.60. The summed E-state index contributed by atoms with van der Waals surface area (Å²) in [5.74, 6) is -1.26. The first kappa shape index (κ1) is 30.1. The van der Waals surface area contributed by atoms with Gasteiger partial charge >= 0.3 is 0 Å². The zero-order chi connectivity index (χ0) is 29.3. The van der Waals surface area contributed by atoms with Crippen LogP contribution < -0.4 is 15.8 Å². The maximum Gasteiger partial charge on any atom is 0.247 e. The van der Waals surface area contributed by atoms with Crippen LogP contribution in [0.2, 0.25) is 5.02 Å². The number of hydrogen-bond acceptors (Lipinski definition) is 6. The lowest BCUT2D eigenvalue weighted by molar-refractivity contribution is -0.138. The Kier molecular flexibility index (Phi) is 8.72. The molecule has 1 heterocycles. The topological polar surface area (TPSA) is 131 Å². The van der Waals surface area contributed by atoms with Gasteiger partial charge in [0.25, 0.3) is 0 Å². The first-order valence-electron chi connectivity index (χ1n) is 13.0. The predicted molar refractivity (Wildman–Crippen MR) is 151 cm³/mol. The average Bonchev–Trinajstić information content (AvgIpc) is 3.61. The molecule has 4 N–H and O–H groups in total. The van der Waals surface area contributed by atoms with Crippen LogP contribution in [0.25, 0.3) is 4.91 Å². The number of halogens is 2. The molecule has 0 spiro atoms. The van der Waals surface area contributed by atoms with E-state index in [0.717, 1.165) is 0 Å². The lowest BCUT2D eigenvalue weighted by Gasteiger charge is -2.31. The van der Waals surface area contributed by atoms with E-state index in [-0.39, 0.29) is 37.0 Å². The second-order valence-electron chi connectivity index (χ2n) is 10.7. The van der Waals surface area contributed by atoms with Gasteiger partial charge in [0.05, 0.1) is 29.2 Å². The van der Waals surface area contributed by atoms with Gasteiger partial charge in [0.2, 0.25) is 21.8 Å². The molecule has 2 amide bonds. The molecule has 9 nitrogen and oxygen atoms in total. The van der Waals surface area contributed by atoms with Gasteiger partial charge in [-0.2, -0.15) is 0 Å². The number of rotatable bonds is 11. The lowest BCUT2D eigenvalue weighted by Crippen LogP contribution is -2.56. The van der Waals surface area contributed by atoms with Crippen molar-refractivity contribution in [1.82, 2.24) is 14.9 Å². The Bertz CT molecular complexity index is 1410.